The number of hydrogen-bond donors (Lipinski definition) is 2. The molecule has 1 aromatic carbocycles. The smallest absolute Gasteiger partial charge is 0.308 e. The van der Waals surface area contributed by atoms with Crippen molar-refractivity contribution >= 4 is 11.9 Å². The highest BCUT2D eigenvalue weighted by atomic mass is 16.7. The van der Waals surface area contributed by atoms with E-state index >= 15 is 0 Å². The second-order valence-corrected chi connectivity index (χ2v) is 9.62. The third-order valence-corrected chi connectivity index (χ3v) is 7.09. The molecule has 2 N–H and O–H groups in total. The van der Waals surface area contributed by atoms with Crippen LogP contribution in [0.1, 0.15) is 56.6 Å². The second-order valence-electron chi connectivity index (χ2n) is 9.62. The van der Waals surface area contributed by atoms with Crippen LogP contribution in [0.2, 0.25) is 0 Å². The molecule has 0 saturated carbocycles. The Morgan fingerprint density at radius 1 is 1.14 bits per heavy atom. The number of ether oxygens (including phenoxy) is 4. The van der Waals surface area contributed by atoms with Gasteiger partial charge in [0.05, 0.1) is 38.9 Å². The Balaban J connectivity index is 1.61. The summed E-state index contributed by atoms with van der Waals surface area (Å²) in [5, 5.41) is 21.7. The number of nitrogens with zero attached hydrogens (tertiary/aromatic N) is 2. The molecule has 11 nitrogen and oxygen atoms in total. The molecule has 1 aromatic rings. The van der Waals surface area contributed by atoms with Crippen LogP contribution in [0.3, 0.4) is 0 Å². The number of likely N-dealkylation sites (tertiary alicyclic amines) is 1. The third kappa shape index (κ3) is 6.35. The van der Waals surface area contributed by atoms with Crippen LogP contribution < -0.4 is 9.47 Å². The van der Waals surface area contributed by atoms with Crippen LogP contribution in [0.5, 0.6) is 11.5 Å². The van der Waals surface area contributed by atoms with Gasteiger partial charge in [0.15, 0.2) is 17.8 Å². The largest absolute Gasteiger partial charge is 0.481 e. The van der Waals surface area contributed by atoms with E-state index in [0.29, 0.717) is 62.8 Å². The van der Waals surface area contributed by atoms with Gasteiger partial charge < -0.3 is 29.2 Å². The van der Waals surface area contributed by atoms with Crippen molar-refractivity contribution in [3.05, 3.63) is 23.3 Å². The third-order valence-electron chi connectivity index (χ3n) is 7.09. The minimum atomic E-state index is -0.936. The van der Waals surface area contributed by atoms with Crippen molar-refractivity contribution in [3.63, 3.8) is 0 Å². The van der Waals surface area contributed by atoms with E-state index in [2.05, 4.69) is 0 Å². The molecule has 1 amide bonds. The number of aliphatic hydroxyl groups excluding tert-OH is 1. The van der Waals surface area contributed by atoms with Crippen molar-refractivity contribution in [2.45, 2.75) is 64.4 Å². The summed E-state index contributed by atoms with van der Waals surface area (Å²) in [6.07, 6.45) is 2.17. The summed E-state index contributed by atoms with van der Waals surface area (Å²) in [6.45, 7) is 6.09. The van der Waals surface area contributed by atoms with Gasteiger partial charge in [-0.25, -0.2) is 5.06 Å². The number of carbonyl (C=O) groups excluding carboxylic acids is 1. The first-order valence-corrected chi connectivity index (χ1v) is 13.1. The van der Waals surface area contributed by atoms with Gasteiger partial charge in [-0.15, -0.1) is 0 Å². The van der Waals surface area contributed by atoms with Crippen molar-refractivity contribution in [1.29, 1.82) is 0 Å². The molecule has 3 atom stereocenters. The maximum absolute atomic E-state index is 13.3. The molecule has 3 aliphatic heterocycles. The lowest BCUT2D eigenvalue weighted by molar-refractivity contribution is -0.188. The van der Waals surface area contributed by atoms with E-state index in [9.17, 15) is 19.8 Å². The molecule has 206 valence electrons. The van der Waals surface area contributed by atoms with E-state index in [4.69, 9.17) is 23.8 Å². The van der Waals surface area contributed by atoms with Gasteiger partial charge in [0.1, 0.15) is 0 Å². The van der Waals surface area contributed by atoms with Gasteiger partial charge in [-0.05, 0) is 43.4 Å². The number of hydroxylamine groups is 2. The molecule has 0 radical (unpaired) electrons. The van der Waals surface area contributed by atoms with Gasteiger partial charge in [-0.2, -0.15) is 0 Å². The van der Waals surface area contributed by atoms with Crippen molar-refractivity contribution in [2.75, 3.05) is 46.2 Å². The predicted molar refractivity (Wildman–Crippen MR) is 131 cm³/mol. The van der Waals surface area contributed by atoms with Gasteiger partial charge in [-0.3, -0.25) is 19.3 Å². The number of aliphatic carboxylic acids is 1. The molecule has 0 unspecified atom stereocenters. The van der Waals surface area contributed by atoms with E-state index < -0.39 is 23.8 Å². The summed E-state index contributed by atoms with van der Waals surface area (Å²) < 4.78 is 22.2. The zero-order chi connectivity index (χ0) is 26.4. The average molecular weight is 523 g/mol. The van der Waals surface area contributed by atoms with Gasteiger partial charge >= 0.3 is 5.97 Å². The highest BCUT2D eigenvalue weighted by Gasteiger charge is 2.48. The first kappa shape index (κ1) is 27.6. The number of hydrogen-bond acceptors (Lipinski definition) is 9. The Labute approximate surface area is 217 Å². The summed E-state index contributed by atoms with van der Waals surface area (Å²) in [5.41, 5.74) is 1.29. The number of carbonyl (C=O) groups is 2. The highest BCUT2D eigenvalue weighted by Crippen LogP contribution is 2.45. The summed E-state index contributed by atoms with van der Waals surface area (Å²) in [4.78, 5) is 33.6. The van der Waals surface area contributed by atoms with Gasteiger partial charge in [0, 0.05) is 30.6 Å². The fourth-order valence-corrected chi connectivity index (χ4v) is 5.43. The lowest BCUT2D eigenvalue weighted by Crippen LogP contribution is -2.44. The Morgan fingerprint density at radius 2 is 1.92 bits per heavy atom. The van der Waals surface area contributed by atoms with Crippen molar-refractivity contribution in [2.24, 2.45) is 5.92 Å². The number of aliphatic hydroxyl groups is 1. The zero-order valence-electron chi connectivity index (χ0n) is 21.6. The van der Waals surface area contributed by atoms with Crippen LogP contribution in [0.25, 0.3) is 0 Å². The molecule has 0 bridgehead atoms. The van der Waals surface area contributed by atoms with Crippen LogP contribution in [-0.2, 0) is 30.5 Å². The van der Waals surface area contributed by atoms with E-state index in [1.54, 1.807) is 12.1 Å². The topological polar surface area (TPSA) is 127 Å². The van der Waals surface area contributed by atoms with Crippen LogP contribution in [0.4, 0.5) is 0 Å². The van der Waals surface area contributed by atoms with E-state index in [-0.39, 0.29) is 32.1 Å². The average Bonchev–Trinajstić information content (AvgIpc) is 3.64. The van der Waals surface area contributed by atoms with Crippen LogP contribution in [0, 0.1) is 5.92 Å². The Bertz CT molecular complexity index is 937. The molecule has 3 heterocycles. The fraction of sp³-hybridized carbons (Fsp3) is 0.692. The van der Waals surface area contributed by atoms with Crippen molar-refractivity contribution in [1.82, 2.24) is 9.96 Å². The quantitative estimate of drug-likeness (QED) is 0.372. The van der Waals surface area contributed by atoms with Gasteiger partial charge in [0.25, 0.3) is 5.91 Å². The Hall–Kier alpha value is -2.44. The van der Waals surface area contributed by atoms with Crippen LogP contribution in [-0.4, -0.2) is 90.6 Å². The van der Waals surface area contributed by atoms with Crippen molar-refractivity contribution in [3.8, 4) is 11.5 Å². The fourth-order valence-electron chi connectivity index (χ4n) is 5.43. The monoisotopic (exact) mass is 522 g/mol. The maximum atomic E-state index is 13.3. The minimum Gasteiger partial charge on any atom is -0.481 e. The summed E-state index contributed by atoms with van der Waals surface area (Å²) >= 11 is 0. The molecular formula is C26H38N2O9. The Kier molecular flexibility index (Phi) is 9.60. The van der Waals surface area contributed by atoms with Crippen molar-refractivity contribution < 1.29 is 43.6 Å². The molecule has 2 fully saturated rings. The van der Waals surface area contributed by atoms with E-state index in [1.165, 1.54) is 5.06 Å². The number of rotatable bonds is 13. The number of carboxylic acid groups (broad SMARTS) is 1. The van der Waals surface area contributed by atoms with E-state index in [0.717, 1.165) is 18.4 Å². The standard InChI is InChI=1S/C26H38N2O9/c1-3-7-28(37-8-4-2)22(30)14-27-13-19(17-11-18(15-29)25-21(12-17)35-16-36-25)24(26(31)32)20(27)5-6-23-33-9-10-34-23/h11-12,19-20,23-24,29H,3-10,13-16H2,1-2H3,(H,31,32)/t19-,20+,24-/m1/s1. The summed E-state index contributed by atoms with van der Waals surface area (Å²) in [6, 6.07) is 3.16. The molecule has 11 heteroatoms. The first-order valence-electron chi connectivity index (χ1n) is 13.1. The molecule has 37 heavy (non-hydrogen) atoms. The zero-order valence-corrected chi connectivity index (χ0v) is 21.6. The van der Waals surface area contributed by atoms with Crippen LogP contribution in [0.15, 0.2) is 12.1 Å². The lowest BCUT2D eigenvalue weighted by Gasteiger charge is -2.29. The van der Waals surface area contributed by atoms with E-state index in [1.807, 2.05) is 18.7 Å². The predicted octanol–water partition coefficient (Wildman–Crippen LogP) is 2.11. The normalized spacial score (nSPS) is 23.6. The number of benzene rings is 1. The van der Waals surface area contributed by atoms with Gasteiger partial charge in [0.2, 0.25) is 6.79 Å². The van der Waals surface area contributed by atoms with Crippen LogP contribution >= 0.6 is 0 Å². The second kappa shape index (κ2) is 12.9. The number of amides is 1. The molecule has 2 saturated heterocycles. The SMILES string of the molecule is CCCON(CCC)C(=O)CN1C[C@H](c2cc(CO)c3c(c2)OCO3)[C@@H](C(=O)O)[C@@H]1CCC1OCCO1. The Morgan fingerprint density at radius 3 is 2.59 bits per heavy atom. The molecule has 3 aliphatic rings. The summed E-state index contributed by atoms with van der Waals surface area (Å²) in [7, 11) is 0. The molecule has 4 rings (SSSR count). The number of carboxylic acids is 1. The van der Waals surface area contributed by atoms with Gasteiger partial charge in [-0.1, -0.05) is 13.8 Å². The molecule has 0 aromatic heterocycles. The molecule has 0 spiro atoms. The maximum Gasteiger partial charge on any atom is 0.308 e. The highest BCUT2D eigenvalue weighted by molar-refractivity contribution is 5.78. The summed E-state index contributed by atoms with van der Waals surface area (Å²) in [5.74, 6) is -1.35. The molecule has 0 aliphatic carbocycles. The number of fused-ring (bicyclic) bond motifs is 1. The first-order chi connectivity index (χ1) is 18.0. The minimum absolute atomic E-state index is 0.0401. The molecular weight excluding hydrogens is 484 g/mol. The lowest BCUT2D eigenvalue weighted by atomic mass is 9.83.